The van der Waals surface area contributed by atoms with Gasteiger partial charge in [0.05, 0.1) is 6.33 Å². The molecule has 1 amide bonds. The molecule has 0 spiro atoms. The number of amides is 1. The number of imidazole rings is 1. The maximum absolute atomic E-state index is 12.5. The molecular weight excluding hydrogens is 228 g/mol. The van der Waals surface area contributed by atoms with Crippen LogP contribution in [0.25, 0.3) is 0 Å². The van der Waals surface area contributed by atoms with E-state index in [0.717, 1.165) is 38.9 Å². The zero-order valence-corrected chi connectivity index (χ0v) is 11.2. The highest BCUT2D eigenvalue weighted by Gasteiger charge is 2.26. The number of carbonyl (C=O) groups is 1. The third kappa shape index (κ3) is 2.90. The number of aryl methyl sites for hydroxylation is 1. The van der Waals surface area contributed by atoms with Crippen molar-refractivity contribution >= 4 is 5.91 Å². The summed E-state index contributed by atoms with van der Waals surface area (Å²) in [6.45, 7) is 4.93. The van der Waals surface area contributed by atoms with E-state index < -0.39 is 0 Å². The number of hydrogen-bond donors (Lipinski definition) is 1. The van der Waals surface area contributed by atoms with Crippen LogP contribution in [0.5, 0.6) is 0 Å². The molecule has 1 saturated heterocycles. The second-order valence-corrected chi connectivity index (χ2v) is 4.90. The van der Waals surface area contributed by atoms with Crippen LogP contribution in [0.4, 0.5) is 0 Å². The van der Waals surface area contributed by atoms with Gasteiger partial charge in [0.15, 0.2) is 0 Å². The van der Waals surface area contributed by atoms with E-state index in [1.807, 2.05) is 16.5 Å². The summed E-state index contributed by atoms with van der Waals surface area (Å²) in [5.74, 6) is 0.0735. The lowest BCUT2D eigenvalue weighted by Crippen LogP contribution is -2.46. The Morgan fingerprint density at radius 1 is 1.56 bits per heavy atom. The van der Waals surface area contributed by atoms with Gasteiger partial charge in [0.25, 0.3) is 5.91 Å². The van der Waals surface area contributed by atoms with Gasteiger partial charge in [-0.1, -0.05) is 6.92 Å². The molecule has 2 heterocycles. The van der Waals surface area contributed by atoms with Crippen LogP contribution in [-0.4, -0.2) is 46.0 Å². The van der Waals surface area contributed by atoms with Crippen LogP contribution < -0.4 is 5.32 Å². The van der Waals surface area contributed by atoms with Gasteiger partial charge < -0.3 is 14.8 Å². The van der Waals surface area contributed by atoms with Gasteiger partial charge in [0.1, 0.15) is 5.69 Å². The third-order valence-corrected chi connectivity index (χ3v) is 3.40. The second kappa shape index (κ2) is 6.00. The molecule has 5 nitrogen and oxygen atoms in total. The summed E-state index contributed by atoms with van der Waals surface area (Å²) in [6.07, 6.45) is 6.55. The van der Waals surface area contributed by atoms with Crippen molar-refractivity contribution in [1.82, 2.24) is 19.8 Å². The van der Waals surface area contributed by atoms with Gasteiger partial charge in [-0.2, -0.15) is 0 Å². The summed E-state index contributed by atoms with van der Waals surface area (Å²) < 4.78 is 1.82. The second-order valence-electron chi connectivity index (χ2n) is 4.90. The number of piperidine rings is 1. The van der Waals surface area contributed by atoms with Gasteiger partial charge in [-0.25, -0.2) is 4.98 Å². The van der Waals surface area contributed by atoms with E-state index in [-0.39, 0.29) is 5.91 Å². The quantitative estimate of drug-likeness (QED) is 0.868. The predicted octanol–water partition coefficient (Wildman–Crippen LogP) is 1.02. The molecule has 0 radical (unpaired) electrons. The fourth-order valence-corrected chi connectivity index (χ4v) is 2.48. The lowest BCUT2D eigenvalue weighted by Gasteiger charge is -2.34. The van der Waals surface area contributed by atoms with Crippen LogP contribution in [0.2, 0.25) is 0 Å². The molecule has 0 aromatic carbocycles. The summed E-state index contributed by atoms with van der Waals surface area (Å²) in [4.78, 5) is 18.7. The zero-order chi connectivity index (χ0) is 13.0. The first kappa shape index (κ1) is 13.1. The van der Waals surface area contributed by atoms with Crippen molar-refractivity contribution < 1.29 is 4.79 Å². The first-order valence-electron chi connectivity index (χ1n) is 6.72. The Morgan fingerprint density at radius 3 is 2.83 bits per heavy atom. The standard InChI is InChI=1S/C13H22N4O/c1-3-8-17(11-4-6-14-7-5-11)13(18)12-9-16(2)10-15-12/h9-11,14H,3-8H2,1-2H3. The molecule has 5 heteroatoms. The topological polar surface area (TPSA) is 50.2 Å². The van der Waals surface area contributed by atoms with Crippen molar-refractivity contribution in [3.63, 3.8) is 0 Å². The van der Waals surface area contributed by atoms with E-state index in [0.29, 0.717) is 11.7 Å². The molecule has 1 aromatic heterocycles. The number of hydrogen-bond acceptors (Lipinski definition) is 3. The summed E-state index contributed by atoms with van der Waals surface area (Å²) in [6, 6.07) is 0.362. The van der Waals surface area contributed by atoms with Crippen molar-refractivity contribution in [3.8, 4) is 0 Å². The molecule has 1 aliphatic heterocycles. The average Bonchev–Trinajstić information content (AvgIpc) is 2.83. The van der Waals surface area contributed by atoms with Crippen LogP contribution >= 0.6 is 0 Å². The summed E-state index contributed by atoms with van der Waals surface area (Å²) in [7, 11) is 1.89. The van der Waals surface area contributed by atoms with E-state index in [9.17, 15) is 4.79 Å². The molecule has 18 heavy (non-hydrogen) atoms. The maximum Gasteiger partial charge on any atom is 0.274 e. The van der Waals surface area contributed by atoms with Crippen LogP contribution in [0.3, 0.4) is 0 Å². The molecule has 0 aliphatic carbocycles. The van der Waals surface area contributed by atoms with Gasteiger partial charge in [0, 0.05) is 25.8 Å². The van der Waals surface area contributed by atoms with Crippen molar-refractivity contribution in [1.29, 1.82) is 0 Å². The van der Waals surface area contributed by atoms with Gasteiger partial charge in [0.2, 0.25) is 0 Å². The third-order valence-electron chi connectivity index (χ3n) is 3.40. The largest absolute Gasteiger partial charge is 0.340 e. The van der Waals surface area contributed by atoms with Crippen molar-refractivity contribution in [2.24, 2.45) is 7.05 Å². The van der Waals surface area contributed by atoms with E-state index in [4.69, 9.17) is 0 Å². The average molecular weight is 250 g/mol. The number of nitrogens with zero attached hydrogens (tertiary/aromatic N) is 3. The highest BCUT2D eigenvalue weighted by Crippen LogP contribution is 2.15. The van der Waals surface area contributed by atoms with Gasteiger partial charge in [-0.3, -0.25) is 4.79 Å². The Labute approximate surface area is 108 Å². The molecule has 1 fully saturated rings. The van der Waals surface area contributed by atoms with Gasteiger partial charge in [-0.15, -0.1) is 0 Å². The maximum atomic E-state index is 12.5. The summed E-state index contributed by atoms with van der Waals surface area (Å²) >= 11 is 0. The highest BCUT2D eigenvalue weighted by molar-refractivity contribution is 5.92. The van der Waals surface area contributed by atoms with E-state index in [1.54, 1.807) is 12.5 Å². The molecule has 1 aromatic rings. The monoisotopic (exact) mass is 250 g/mol. The Kier molecular flexibility index (Phi) is 4.36. The predicted molar refractivity (Wildman–Crippen MR) is 70.4 cm³/mol. The smallest absolute Gasteiger partial charge is 0.274 e. The summed E-state index contributed by atoms with van der Waals surface area (Å²) in [5.41, 5.74) is 0.560. The van der Waals surface area contributed by atoms with Crippen LogP contribution in [0.15, 0.2) is 12.5 Å². The number of nitrogens with one attached hydrogen (secondary N) is 1. The molecule has 2 rings (SSSR count). The van der Waals surface area contributed by atoms with Gasteiger partial charge in [-0.05, 0) is 32.4 Å². The Balaban J connectivity index is 2.10. The van der Waals surface area contributed by atoms with E-state index in [1.165, 1.54) is 0 Å². The van der Waals surface area contributed by atoms with Crippen molar-refractivity contribution in [3.05, 3.63) is 18.2 Å². The first-order valence-corrected chi connectivity index (χ1v) is 6.72. The van der Waals surface area contributed by atoms with E-state index >= 15 is 0 Å². The van der Waals surface area contributed by atoms with Crippen LogP contribution in [-0.2, 0) is 7.05 Å². The van der Waals surface area contributed by atoms with Gasteiger partial charge >= 0.3 is 0 Å². The molecule has 1 aliphatic rings. The molecule has 1 N–H and O–H groups in total. The molecule has 0 saturated carbocycles. The fraction of sp³-hybridized carbons (Fsp3) is 0.692. The number of carbonyl (C=O) groups excluding carboxylic acids is 1. The molecule has 0 unspecified atom stereocenters. The van der Waals surface area contributed by atoms with Crippen molar-refractivity contribution in [2.75, 3.05) is 19.6 Å². The van der Waals surface area contributed by atoms with E-state index in [2.05, 4.69) is 17.2 Å². The molecular formula is C13H22N4O. The number of rotatable bonds is 4. The summed E-state index contributed by atoms with van der Waals surface area (Å²) in [5, 5.41) is 3.34. The lowest BCUT2D eigenvalue weighted by atomic mass is 10.0. The Bertz CT molecular complexity index is 395. The molecule has 100 valence electrons. The Morgan fingerprint density at radius 2 is 2.28 bits per heavy atom. The first-order chi connectivity index (χ1) is 8.72. The minimum Gasteiger partial charge on any atom is -0.340 e. The molecule has 0 atom stereocenters. The Hall–Kier alpha value is -1.36. The zero-order valence-electron chi connectivity index (χ0n) is 11.2. The fourth-order valence-electron chi connectivity index (χ4n) is 2.48. The minimum atomic E-state index is 0.0735. The van der Waals surface area contributed by atoms with Crippen LogP contribution in [0.1, 0.15) is 36.7 Å². The minimum absolute atomic E-state index is 0.0735. The lowest BCUT2D eigenvalue weighted by molar-refractivity contribution is 0.0637. The van der Waals surface area contributed by atoms with Crippen LogP contribution in [0, 0.1) is 0 Å². The molecule has 0 bridgehead atoms. The normalized spacial score (nSPS) is 16.8. The SMILES string of the molecule is CCCN(C(=O)c1cn(C)cn1)C1CCNCC1. The van der Waals surface area contributed by atoms with Crippen molar-refractivity contribution in [2.45, 2.75) is 32.2 Å². The highest BCUT2D eigenvalue weighted by atomic mass is 16.2. The number of aromatic nitrogens is 2.